The molecule has 24 heavy (non-hydrogen) atoms. The number of aromatic nitrogens is 3. The van der Waals surface area contributed by atoms with Crippen LogP contribution >= 0.6 is 0 Å². The summed E-state index contributed by atoms with van der Waals surface area (Å²) in [5.41, 5.74) is 1.24. The van der Waals surface area contributed by atoms with Crippen LogP contribution in [-0.4, -0.2) is 38.9 Å². The molecule has 0 bridgehead atoms. The maximum absolute atomic E-state index is 12.6. The lowest BCUT2D eigenvalue weighted by Crippen LogP contribution is -2.29. The van der Waals surface area contributed by atoms with Gasteiger partial charge in [-0.25, -0.2) is 4.68 Å². The molecule has 0 saturated carbocycles. The van der Waals surface area contributed by atoms with E-state index in [0.29, 0.717) is 6.42 Å². The maximum Gasteiger partial charge on any atom is 0.222 e. The zero-order valence-electron chi connectivity index (χ0n) is 13.5. The summed E-state index contributed by atoms with van der Waals surface area (Å²) in [5, 5.41) is 10.4. The molecule has 1 aliphatic rings. The van der Waals surface area contributed by atoms with Crippen LogP contribution in [0.2, 0.25) is 0 Å². The first-order valence-electron chi connectivity index (χ1n) is 8.41. The lowest BCUT2D eigenvalue weighted by molar-refractivity contribution is -0.130. The van der Waals surface area contributed by atoms with Crippen molar-refractivity contribution in [1.82, 2.24) is 19.9 Å². The molecule has 0 spiro atoms. The van der Waals surface area contributed by atoms with Crippen molar-refractivity contribution in [2.45, 2.75) is 25.3 Å². The quantitative estimate of drug-likeness (QED) is 0.743. The lowest BCUT2D eigenvalue weighted by Gasteiger charge is -2.17. The Kier molecular flexibility index (Phi) is 3.99. The van der Waals surface area contributed by atoms with Crippen LogP contribution in [0.25, 0.3) is 10.8 Å². The average molecular weight is 320 g/mol. The molecule has 1 fully saturated rings. The Morgan fingerprint density at radius 3 is 2.92 bits per heavy atom. The molecule has 1 unspecified atom stereocenters. The van der Waals surface area contributed by atoms with Crippen molar-refractivity contribution in [3.05, 3.63) is 60.4 Å². The largest absolute Gasteiger partial charge is 0.340 e. The zero-order chi connectivity index (χ0) is 16.4. The predicted octanol–water partition coefficient (Wildman–Crippen LogP) is 2.84. The lowest BCUT2D eigenvalue weighted by atomic mass is 10.0. The van der Waals surface area contributed by atoms with E-state index in [0.717, 1.165) is 25.9 Å². The SMILES string of the molecule is O=C(CCc1cccc2ccccc12)N1CCC(n2ccnn2)C1. The minimum atomic E-state index is 0.227. The van der Waals surface area contributed by atoms with Crippen molar-refractivity contribution >= 4 is 16.7 Å². The van der Waals surface area contributed by atoms with Gasteiger partial charge in [0.2, 0.25) is 5.91 Å². The van der Waals surface area contributed by atoms with Gasteiger partial charge in [0.25, 0.3) is 0 Å². The minimum Gasteiger partial charge on any atom is -0.340 e. The van der Waals surface area contributed by atoms with Gasteiger partial charge in [0.1, 0.15) is 0 Å². The number of nitrogens with zero attached hydrogens (tertiary/aromatic N) is 4. The van der Waals surface area contributed by atoms with Crippen LogP contribution in [-0.2, 0) is 11.2 Å². The number of hydrogen-bond acceptors (Lipinski definition) is 3. The highest BCUT2D eigenvalue weighted by Crippen LogP contribution is 2.23. The second-order valence-corrected chi connectivity index (χ2v) is 6.30. The van der Waals surface area contributed by atoms with Crippen LogP contribution in [0.4, 0.5) is 0 Å². The van der Waals surface area contributed by atoms with Crippen LogP contribution in [0.5, 0.6) is 0 Å². The summed E-state index contributed by atoms with van der Waals surface area (Å²) in [6, 6.07) is 14.9. The van der Waals surface area contributed by atoms with Gasteiger partial charge in [0, 0.05) is 25.7 Å². The molecule has 122 valence electrons. The Balaban J connectivity index is 1.40. The molecular weight excluding hydrogens is 300 g/mol. The number of fused-ring (bicyclic) bond motifs is 1. The standard InChI is InChI=1S/C19H20N4O/c24-19(22-12-10-17(14-22)23-13-11-20-21-23)9-8-16-6-3-5-15-4-1-2-7-18(15)16/h1-7,11,13,17H,8-10,12,14H2. The summed E-state index contributed by atoms with van der Waals surface area (Å²) in [7, 11) is 0. The Hall–Kier alpha value is -2.69. The van der Waals surface area contributed by atoms with Crippen molar-refractivity contribution in [1.29, 1.82) is 0 Å². The maximum atomic E-state index is 12.6. The van der Waals surface area contributed by atoms with Gasteiger partial charge in [-0.2, -0.15) is 0 Å². The van der Waals surface area contributed by atoms with E-state index in [2.05, 4.69) is 46.7 Å². The molecule has 1 aliphatic heterocycles. The van der Waals surface area contributed by atoms with Gasteiger partial charge in [-0.1, -0.05) is 47.7 Å². The van der Waals surface area contributed by atoms with Gasteiger partial charge >= 0.3 is 0 Å². The molecule has 0 N–H and O–H groups in total. The highest BCUT2D eigenvalue weighted by molar-refractivity contribution is 5.86. The molecule has 3 aromatic rings. The topological polar surface area (TPSA) is 51.0 Å². The first kappa shape index (κ1) is 14.9. The van der Waals surface area contributed by atoms with Gasteiger partial charge in [0.15, 0.2) is 0 Å². The number of rotatable bonds is 4. The molecular formula is C19H20N4O. The number of carbonyl (C=O) groups excluding carboxylic acids is 1. The second kappa shape index (κ2) is 6.43. The van der Waals surface area contributed by atoms with Crippen LogP contribution in [0, 0.1) is 0 Å². The highest BCUT2D eigenvalue weighted by Gasteiger charge is 2.27. The number of hydrogen-bond donors (Lipinski definition) is 0. The average Bonchev–Trinajstić information content (AvgIpc) is 3.30. The molecule has 1 atom stereocenters. The van der Waals surface area contributed by atoms with Crippen molar-refractivity contribution in [3.8, 4) is 0 Å². The van der Waals surface area contributed by atoms with Crippen LogP contribution in [0.15, 0.2) is 54.9 Å². The minimum absolute atomic E-state index is 0.227. The van der Waals surface area contributed by atoms with Gasteiger partial charge in [-0.3, -0.25) is 4.79 Å². The fourth-order valence-electron chi connectivity index (χ4n) is 3.51. The summed E-state index contributed by atoms with van der Waals surface area (Å²) >= 11 is 0. The summed E-state index contributed by atoms with van der Waals surface area (Å²) in [4.78, 5) is 14.5. The molecule has 1 amide bonds. The number of aryl methyl sites for hydroxylation is 1. The fraction of sp³-hybridized carbons (Fsp3) is 0.316. The number of amides is 1. The van der Waals surface area contributed by atoms with Crippen molar-refractivity contribution in [2.75, 3.05) is 13.1 Å². The third-order valence-electron chi connectivity index (χ3n) is 4.82. The number of benzene rings is 2. The molecule has 5 nitrogen and oxygen atoms in total. The Labute approximate surface area is 140 Å². The molecule has 0 radical (unpaired) electrons. The summed E-state index contributed by atoms with van der Waals surface area (Å²) < 4.78 is 1.86. The third-order valence-corrected chi connectivity index (χ3v) is 4.82. The van der Waals surface area contributed by atoms with E-state index in [1.54, 1.807) is 6.20 Å². The highest BCUT2D eigenvalue weighted by atomic mass is 16.2. The van der Waals surface area contributed by atoms with Crippen LogP contribution < -0.4 is 0 Å². The van der Waals surface area contributed by atoms with E-state index < -0.39 is 0 Å². The fourth-order valence-corrected chi connectivity index (χ4v) is 3.51. The molecule has 1 aromatic heterocycles. The van der Waals surface area contributed by atoms with Crippen molar-refractivity contribution < 1.29 is 4.79 Å². The molecule has 0 aliphatic carbocycles. The van der Waals surface area contributed by atoms with E-state index in [-0.39, 0.29) is 11.9 Å². The first-order chi connectivity index (χ1) is 11.8. The third kappa shape index (κ3) is 2.89. The predicted molar refractivity (Wildman–Crippen MR) is 92.5 cm³/mol. The van der Waals surface area contributed by atoms with E-state index in [4.69, 9.17) is 0 Å². The van der Waals surface area contributed by atoms with Crippen molar-refractivity contribution in [3.63, 3.8) is 0 Å². The van der Waals surface area contributed by atoms with Gasteiger partial charge in [-0.15, -0.1) is 5.10 Å². The smallest absolute Gasteiger partial charge is 0.222 e. The molecule has 1 saturated heterocycles. The molecule has 5 heteroatoms. The monoisotopic (exact) mass is 320 g/mol. The zero-order valence-corrected chi connectivity index (χ0v) is 13.5. The molecule has 2 heterocycles. The van der Waals surface area contributed by atoms with Gasteiger partial charge in [0.05, 0.1) is 12.2 Å². The molecule has 4 rings (SSSR count). The second-order valence-electron chi connectivity index (χ2n) is 6.30. The Morgan fingerprint density at radius 2 is 2.04 bits per heavy atom. The number of likely N-dealkylation sites (tertiary alicyclic amines) is 1. The van der Waals surface area contributed by atoms with E-state index >= 15 is 0 Å². The van der Waals surface area contributed by atoms with E-state index in [1.807, 2.05) is 21.8 Å². The Bertz CT molecular complexity index is 838. The van der Waals surface area contributed by atoms with Gasteiger partial charge in [-0.05, 0) is 29.2 Å². The van der Waals surface area contributed by atoms with E-state index in [1.165, 1.54) is 16.3 Å². The first-order valence-corrected chi connectivity index (χ1v) is 8.41. The number of carbonyl (C=O) groups is 1. The van der Waals surface area contributed by atoms with Crippen molar-refractivity contribution in [2.24, 2.45) is 0 Å². The van der Waals surface area contributed by atoms with E-state index in [9.17, 15) is 4.79 Å². The van der Waals surface area contributed by atoms with Crippen LogP contribution in [0.3, 0.4) is 0 Å². The summed E-state index contributed by atoms with van der Waals surface area (Å²) in [5.74, 6) is 0.227. The summed E-state index contributed by atoms with van der Waals surface area (Å²) in [6.45, 7) is 1.54. The summed E-state index contributed by atoms with van der Waals surface area (Å²) in [6.07, 6.45) is 5.84. The normalized spacial score (nSPS) is 17.5. The Morgan fingerprint density at radius 1 is 1.17 bits per heavy atom. The molecule has 2 aromatic carbocycles. The van der Waals surface area contributed by atoms with Crippen LogP contribution in [0.1, 0.15) is 24.4 Å². The van der Waals surface area contributed by atoms with Gasteiger partial charge < -0.3 is 4.90 Å².